The number of rotatable bonds is 3. The van der Waals surface area contributed by atoms with Gasteiger partial charge in [0.05, 0.1) is 12.2 Å². The first-order valence-corrected chi connectivity index (χ1v) is 6.47. The maximum absolute atomic E-state index is 6.32. The quantitative estimate of drug-likeness (QED) is 0.897. The Hall–Kier alpha value is -1.61. The van der Waals surface area contributed by atoms with E-state index in [4.69, 9.17) is 5.73 Å². The van der Waals surface area contributed by atoms with Gasteiger partial charge in [-0.3, -0.25) is 4.68 Å². The smallest absolute Gasteiger partial charge is 0.0662 e. The van der Waals surface area contributed by atoms with Crippen LogP contribution in [0.2, 0.25) is 0 Å². The number of aryl methyl sites for hydroxylation is 1. The molecule has 1 aliphatic rings. The van der Waals surface area contributed by atoms with E-state index in [0.717, 1.165) is 25.1 Å². The van der Waals surface area contributed by atoms with Gasteiger partial charge in [-0.25, -0.2) is 0 Å². The molecule has 2 N–H and O–H groups in total. The van der Waals surface area contributed by atoms with Crippen molar-refractivity contribution >= 4 is 0 Å². The van der Waals surface area contributed by atoms with Crippen LogP contribution in [0.1, 0.15) is 35.4 Å². The Balaban J connectivity index is 1.95. The SMILES string of the molecule is Cc1nn(Cc2ccccc2)c(C)c1C1(N)CC1. The lowest BCUT2D eigenvalue weighted by Crippen LogP contribution is -2.20. The molecule has 1 aromatic heterocycles. The standard InChI is InChI=1S/C15H19N3/c1-11-14(15(16)8-9-15)12(2)18(17-11)10-13-6-4-3-5-7-13/h3-7H,8-10,16H2,1-2H3. The molecular formula is C15H19N3. The maximum Gasteiger partial charge on any atom is 0.0662 e. The van der Waals surface area contributed by atoms with Crippen LogP contribution in [0.25, 0.3) is 0 Å². The Morgan fingerprint density at radius 2 is 1.89 bits per heavy atom. The second kappa shape index (κ2) is 3.95. The van der Waals surface area contributed by atoms with Crippen molar-refractivity contribution in [3.8, 4) is 0 Å². The predicted molar refractivity (Wildman–Crippen MR) is 72.3 cm³/mol. The normalized spacial score (nSPS) is 16.8. The van der Waals surface area contributed by atoms with Crippen molar-refractivity contribution in [2.45, 2.75) is 38.8 Å². The van der Waals surface area contributed by atoms with Crippen LogP contribution in [-0.4, -0.2) is 9.78 Å². The molecule has 0 radical (unpaired) electrons. The molecule has 1 aliphatic carbocycles. The number of nitrogens with two attached hydrogens (primary N) is 1. The average molecular weight is 241 g/mol. The van der Waals surface area contributed by atoms with Gasteiger partial charge in [-0.05, 0) is 32.3 Å². The van der Waals surface area contributed by atoms with Crippen molar-refractivity contribution in [1.29, 1.82) is 0 Å². The summed E-state index contributed by atoms with van der Waals surface area (Å²) in [6.07, 6.45) is 2.18. The Morgan fingerprint density at radius 1 is 1.22 bits per heavy atom. The molecule has 1 aromatic carbocycles. The van der Waals surface area contributed by atoms with E-state index >= 15 is 0 Å². The predicted octanol–water partition coefficient (Wildman–Crippen LogP) is 2.50. The Kier molecular flexibility index (Phi) is 2.52. The summed E-state index contributed by atoms with van der Waals surface area (Å²) in [5.74, 6) is 0. The highest BCUT2D eigenvalue weighted by Crippen LogP contribution is 2.45. The number of hydrogen-bond donors (Lipinski definition) is 1. The van der Waals surface area contributed by atoms with Gasteiger partial charge in [-0.1, -0.05) is 30.3 Å². The van der Waals surface area contributed by atoms with Crippen LogP contribution in [0.15, 0.2) is 30.3 Å². The zero-order valence-corrected chi connectivity index (χ0v) is 11.0. The van der Waals surface area contributed by atoms with Crippen LogP contribution >= 0.6 is 0 Å². The fourth-order valence-electron chi connectivity index (χ4n) is 2.71. The molecule has 0 unspecified atom stereocenters. The average Bonchev–Trinajstić information content (AvgIpc) is 3.01. The number of benzene rings is 1. The molecule has 0 amide bonds. The monoisotopic (exact) mass is 241 g/mol. The summed E-state index contributed by atoms with van der Waals surface area (Å²) >= 11 is 0. The highest BCUT2D eigenvalue weighted by molar-refractivity contribution is 5.37. The van der Waals surface area contributed by atoms with Crippen molar-refractivity contribution in [2.24, 2.45) is 5.73 Å². The Labute approximate surface area is 108 Å². The van der Waals surface area contributed by atoms with Gasteiger partial charge in [0.2, 0.25) is 0 Å². The molecule has 0 saturated heterocycles. The van der Waals surface area contributed by atoms with Crippen molar-refractivity contribution in [2.75, 3.05) is 0 Å². The van der Waals surface area contributed by atoms with Crippen LogP contribution in [-0.2, 0) is 12.1 Å². The minimum Gasteiger partial charge on any atom is -0.321 e. The summed E-state index contributed by atoms with van der Waals surface area (Å²) in [4.78, 5) is 0. The third kappa shape index (κ3) is 1.85. The highest BCUT2D eigenvalue weighted by atomic mass is 15.3. The van der Waals surface area contributed by atoms with Gasteiger partial charge < -0.3 is 5.73 Å². The van der Waals surface area contributed by atoms with Crippen molar-refractivity contribution < 1.29 is 0 Å². The fourth-order valence-corrected chi connectivity index (χ4v) is 2.71. The third-order valence-corrected chi connectivity index (χ3v) is 3.84. The molecule has 3 heteroatoms. The fraction of sp³-hybridized carbons (Fsp3) is 0.400. The molecule has 0 spiro atoms. The molecule has 3 nitrogen and oxygen atoms in total. The van der Waals surface area contributed by atoms with Gasteiger partial charge in [0.1, 0.15) is 0 Å². The summed E-state index contributed by atoms with van der Waals surface area (Å²) in [6.45, 7) is 5.02. The van der Waals surface area contributed by atoms with E-state index in [1.54, 1.807) is 0 Å². The molecule has 0 bridgehead atoms. The van der Waals surface area contributed by atoms with Gasteiger partial charge in [-0.2, -0.15) is 5.10 Å². The first-order valence-electron chi connectivity index (χ1n) is 6.47. The second-order valence-corrected chi connectivity index (χ2v) is 5.35. The van der Waals surface area contributed by atoms with Gasteiger partial charge in [0.25, 0.3) is 0 Å². The largest absolute Gasteiger partial charge is 0.321 e. The first kappa shape index (κ1) is 11.5. The van der Waals surface area contributed by atoms with E-state index < -0.39 is 0 Å². The van der Waals surface area contributed by atoms with Crippen LogP contribution in [0.5, 0.6) is 0 Å². The van der Waals surface area contributed by atoms with Crippen LogP contribution in [0.4, 0.5) is 0 Å². The molecule has 0 atom stereocenters. The van der Waals surface area contributed by atoms with E-state index in [1.165, 1.54) is 16.8 Å². The summed E-state index contributed by atoms with van der Waals surface area (Å²) in [7, 11) is 0. The molecule has 2 aromatic rings. The molecule has 0 aliphatic heterocycles. The third-order valence-electron chi connectivity index (χ3n) is 3.84. The molecule has 1 saturated carbocycles. The molecule has 1 fully saturated rings. The molecule has 18 heavy (non-hydrogen) atoms. The lowest BCUT2D eigenvalue weighted by Gasteiger charge is -2.10. The van der Waals surface area contributed by atoms with Gasteiger partial charge >= 0.3 is 0 Å². The van der Waals surface area contributed by atoms with Crippen molar-refractivity contribution in [3.05, 3.63) is 52.8 Å². The Bertz CT molecular complexity index is 565. The van der Waals surface area contributed by atoms with E-state index in [1.807, 2.05) is 6.07 Å². The number of hydrogen-bond acceptors (Lipinski definition) is 2. The maximum atomic E-state index is 6.32. The van der Waals surface area contributed by atoms with Crippen molar-refractivity contribution in [1.82, 2.24) is 9.78 Å². The lowest BCUT2D eigenvalue weighted by atomic mass is 10.0. The first-order chi connectivity index (χ1) is 8.60. The number of nitrogens with zero attached hydrogens (tertiary/aromatic N) is 2. The highest BCUT2D eigenvalue weighted by Gasteiger charge is 2.43. The van der Waals surface area contributed by atoms with Gasteiger partial charge in [0.15, 0.2) is 0 Å². The van der Waals surface area contributed by atoms with E-state index in [-0.39, 0.29) is 5.54 Å². The van der Waals surface area contributed by atoms with E-state index in [9.17, 15) is 0 Å². The summed E-state index contributed by atoms with van der Waals surface area (Å²) in [5.41, 5.74) is 11.1. The van der Waals surface area contributed by atoms with Crippen LogP contribution < -0.4 is 5.73 Å². The van der Waals surface area contributed by atoms with E-state index in [2.05, 4.69) is 47.9 Å². The van der Waals surface area contributed by atoms with Crippen molar-refractivity contribution in [3.63, 3.8) is 0 Å². The number of aromatic nitrogens is 2. The zero-order chi connectivity index (χ0) is 12.8. The van der Waals surface area contributed by atoms with Crippen LogP contribution in [0, 0.1) is 13.8 Å². The Morgan fingerprint density at radius 3 is 2.50 bits per heavy atom. The zero-order valence-electron chi connectivity index (χ0n) is 11.0. The lowest BCUT2D eigenvalue weighted by molar-refractivity contribution is 0.653. The summed E-state index contributed by atoms with van der Waals surface area (Å²) in [5, 5.41) is 4.65. The minimum absolute atomic E-state index is 0.0941. The van der Waals surface area contributed by atoms with Gasteiger partial charge in [0, 0.05) is 16.8 Å². The van der Waals surface area contributed by atoms with Crippen LogP contribution in [0.3, 0.4) is 0 Å². The second-order valence-electron chi connectivity index (χ2n) is 5.35. The summed E-state index contributed by atoms with van der Waals surface area (Å²) in [6, 6.07) is 10.4. The minimum atomic E-state index is -0.0941. The molecule has 1 heterocycles. The molecule has 3 rings (SSSR count). The molecular weight excluding hydrogens is 222 g/mol. The van der Waals surface area contributed by atoms with Gasteiger partial charge in [-0.15, -0.1) is 0 Å². The summed E-state index contributed by atoms with van der Waals surface area (Å²) < 4.78 is 2.08. The van der Waals surface area contributed by atoms with E-state index in [0.29, 0.717) is 0 Å². The topological polar surface area (TPSA) is 43.8 Å². The molecule has 94 valence electrons.